The van der Waals surface area contributed by atoms with Gasteiger partial charge in [-0.25, -0.2) is 0 Å². The molecule has 0 heterocycles. The minimum absolute atomic E-state index is 0.147. The van der Waals surface area contributed by atoms with Crippen LogP contribution in [0.3, 0.4) is 0 Å². The summed E-state index contributed by atoms with van der Waals surface area (Å²) in [5, 5.41) is 21.2. The summed E-state index contributed by atoms with van der Waals surface area (Å²) in [4.78, 5) is 12.2. The molecule has 0 aromatic carbocycles. The van der Waals surface area contributed by atoms with Crippen LogP contribution in [0.25, 0.3) is 0 Å². The van der Waals surface area contributed by atoms with Crippen molar-refractivity contribution in [2.75, 3.05) is 0 Å². The third kappa shape index (κ3) is 3.35. The van der Waals surface area contributed by atoms with Crippen LogP contribution in [-0.4, -0.2) is 28.2 Å². The van der Waals surface area contributed by atoms with Crippen molar-refractivity contribution in [3.8, 4) is 0 Å². The van der Waals surface area contributed by atoms with Crippen LogP contribution in [0.5, 0.6) is 0 Å². The van der Waals surface area contributed by atoms with Crippen molar-refractivity contribution in [2.24, 2.45) is 40.4 Å². The van der Waals surface area contributed by atoms with E-state index in [1.807, 2.05) is 13.8 Å². The molecular formula is C27H42O3. The van der Waals surface area contributed by atoms with E-state index in [1.165, 1.54) is 24.8 Å². The van der Waals surface area contributed by atoms with Crippen LogP contribution in [0.2, 0.25) is 0 Å². The van der Waals surface area contributed by atoms with Gasteiger partial charge in [0.1, 0.15) is 5.78 Å². The summed E-state index contributed by atoms with van der Waals surface area (Å²) < 4.78 is 0. The summed E-state index contributed by atoms with van der Waals surface area (Å²) in [5.74, 6) is 2.82. The zero-order valence-electron chi connectivity index (χ0n) is 19.7. The fraction of sp³-hybridized carbons (Fsp3) is 0.815. The van der Waals surface area contributed by atoms with Gasteiger partial charge in [0.15, 0.2) is 0 Å². The van der Waals surface area contributed by atoms with Gasteiger partial charge < -0.3 is 10.2 Å². The smallest absolute Gasteiger partial charge is 0.135 e. The number of carbonyl (C=O) groups is 1. The Bertz CT molecular complexity index is 749. The maximum Gasteiger partial charge on any atom is 0.135 e. The quantitative estimate of drug-likeness (QED) is 0.628. The molecule has 3 saturated carbocycles. The number of allylic oxidation sites excluding steroid dienone is 3. The molecule has 0 amide bonds. The van der Waals surface area contributed by atoms with Crippen molar-refractivity contribution < 1.29 is 15.0 Å². The SMILES string of the molecule is CC(C)C(=O)CC[C@@H](C)[C@H]1CC[C@H]2C3=CC=C4C[C@@H](O)C[C@H](O)[C@]4(C)[C@H]3CC[C@]12C. The lowest BCUT2D eigenvalue weighted by atomic mass is 9.49. The number of Topliss-reactive ketones (excluding diaryl/α,β-unsaturated/α-hetero) is 1. The molecule has 168 valence electrons. The van der Waals surface area contributed by atoms with E-state index in [1.54, 1.807) is 5.57 Å². The van der Waals surface area contributed by atoms with Crippen LogP contribution in [-0.2, 0) is 4.79 Å². The van der Waals surface area contributed by atoms with E-state index in [0.29, 0.717) is 47.7 Å². The van der Waals surface area contributed by atoms with E-state index in [-0.39, 0.29) is 11.3 Å². The molecule has 0 unspecified atom stereocenters. The standard InChI is InChI=1S/C27H42O3/c1-16(2)24(29)11-6-17(3)21-9-10-22-20-8-7-18-14-19(28)15-25(30)27(18,5)23(20)12-13-26(21,22)4/h7-8,16-17,19,21-23,25,28,30H,6,9-15H2,1-5H3/t17-,19-,21-,22+,23+,25+,26-,27+/m1/s1. The van der Waals surface area contributed by atoms with Gasteiger partial charge in [0, 0.05) is 24.2 Å². The van der Waals surface area contributed by atoms with Crippen molar-refractivity contribution in [1.29, 1.82) is 0 Å². The molecule has 0 saturated heterocycles. The highest BCUT2D eigenvalue weighted by Crippen LogP contribution is 2.66. The minimum atomic E-state index is -0.455. The Morgan fingerprint density at radius 3 is 2.53 bits per heavy atom. The summed E-state index contributed by atoms with van der Waals surface area (Å²) in [7, 11) is 0. The van der Waals surface area contributed by atoms with Gasteiger partial charge in [0.05, 0.1) is 12.2 Å². The number of hydrogen-bond donors (Lipinski definition) is 2. The second-order valence-corrected chi connectivity index (χ2v) is 11.7. The summed E-state index contributed by atoms with van der Waals surface area (Å²) in [5.41, 5.74) is 2.92. The van der Waals surface area contributed by atoms with Gasteiger partial charge in [-0.15, -0.1) is 0 Å². The number of carbonyl (C=O) groups excluding carboxylic acids is 1. The fourth-order valence-electron chi connectivity index (χ4n) is 7.88. The van der Waals surface area contributed by atoms with Gasteiger partial charge in [-0.1, -0.05) is 57.9 Å². The Kier molecular flexibility index (Phi) is 5.85. The normalized spacial score (nSPS) is 43.9. The molecule has 0 radical (unpaired) electrons. The molecule has 4 aliphatic rings. The third-order valence-corrected chi connectivity index (χ3v) is 9.90. The molecule has 30 heavy (non-hydrogen) atoms. The number of aliphatic hydroxyl groups is 2. The zero-order valence-corrected chi connectivity index (χ0v) is 19.7. The molecular weight excluding hydrogens is 372 g/mol. The molecule has 3 fully saturated rings. The van der Waals surface area contributed by atoms with Crippen LogP contribution < -0.4 is 0 Å². The first kappa shape index (κ1) is 22.3. The van der Waals surface area contributed by atoms with Crippen LogP contribution in [0.4, 0.5) is 0 Å². The molecule has 0 spiro atoms. The predicted molar refractivity (Wildman–Crippen MR) is 121 cm³/mol. The maximum absolute atomic E-state index is 12.2. The molecule has 4 rings (SSSR count). The van der Waals surface area contributed by atoms with Crippen LogP contribution in [0.1, 0.15) is 86.0 Å². The Hall–Kier alpha value is -0.930. The average molecular weight is 415 g/mol. The first-order valence-electron chi connectivity index (χ1n) is 12.4. The Balaban J connectivity index is 1.55. The van der Waals surface area contributed by atoms with E-state index in [2.05, 4.69) is 32.9 Å². The lowest BCUT2D eigenvalue weighted by Gasteiger charge is -2.56. The molecule has 2 N–H and O–H groups in total. The number of ketones is 1. The van der Waals surface area contributed by atoms with Crippen molar-refractivity contribution in [1.82, 2.24) is 0 Å². The molecule has 0 aliphatic heterocycles. The van der Waals surface area contributed by atoms with Crippen molar-refractivity contribution in [2.45, 2.75) is 98.2 Å². The molecule has 0 aromatic heterocycles. The van der Waals surface area contributed by atoms with Crippen molar-refractivity contribution in [3.05, 3.63) is 23.3 Å². The maximum atomic E-state index is 12.2. The number of rotatable bonds is 5. The second kappa shape index (κ2) is 7.89. The van der Waals surface area contributed by atoms with Crippen LogP contribution >= 0.6 is 0 Å². The van der Waals surface area contributed by atoms with Crippen LogP contribution in [0.15, 0.2) is 23.3 Å². The molecule has 0 bridgehead atoms. The van der Waals surface area contributed by atoms with Gasteiger partial charge in [-0.05, 0) is 67.6 Å². The van der Waals surface area contributed by atoms with E-state index in [0.717, 1.165) is 19.3 Å². The van der Waals surface area contributed by atoms with Gasteiger partial charge >= 0.3 is 0 Å². The lowest BCUT2D eigenvalue weighted by Crippen LogP contribution is -2.52. The lowest BCUT2D eigenvalue weighted by molar-refractivity contribution is -0.122. The molecule has 3 nitrogen and oxygen atoms in total. The zero-order chi connectivity index (χ0) is 21.8. The number of fused-ring (bicyclic) bond motifs is 5. The summed E-state index contributed by atoms with van der Waals surface area (Å²) >= 11 is 0. The van der Waals surface area contributed by atoms with Crippen LogP contribution in [0, 0.1) is 40.4 Å². The summed E-state index contributed by atoms with van der Waals surface area (Å²) in [6.45, 7) is 11.2. The highest BCUT2D eigenvalue weighted by Gasteiger charge is 2.58. The first-order chi connectivity index (χ1) is 14.1. The minimum Gasteiger partial charge on any atom is -0.393 e. The van der Waals surface area contributed by atoms with Gasteiger partial charge in [-0.3, -0.25) is 4.79 Å². The van der Waals surface area contributed by atoms with Crippen molar-refractivity contribution >= 4 is 5.78 Å². The van der Waals surface area contributed by atoms with E-state index >= 15 is 0 Å². The first-order valence-corrected chi connectivity index (χ1v) is 12.4. The van der Waals surface area contributed by atoms with Gasteiger partial charge in [0.2, 0.25) is 0 Å². The Morgan fingerprint density at radius 1 is 1.10 bits per heavy atom. The highest BCUT2D eigenvalue weighted by molar-refractivity contribution is 5.80. The third-order valence-electron chi connectivity index (χ3n) is 9.90. The average Bonchev–Trinajstić information content (AvgIpc) is 3.04. The molecule has 8 atom stereocenters. The number of aliphatic hydroxyl groups excluding tert-OH is 2. The van der Waals surface area contributed by atoms with E-state index in [4.69, 9.17) is 0 Å². The highest BCUT2D eigenvalue weighted by atomic mass is 16.3. The second-order valence-electron chi connectivity index (χ2n) is 11.7. The van der Waals surface area contributed by atoms with E-state index in [9.17, 15) is 15.0 Å². The van der Waals surface area contributed by atoms with Gasteiger partial charge in [0.25, 0.3) is 0 Å². The monoisotopic (exact) mass is 414 g/mol. The topological polar surface area (TPSA) is 57.5 Å². The number of hydrogen-bond acceptors (Lipinski definition) is 3. The molecule has 3 heteroatoms. The largest absolute Gasteiger partial charge is 0.393 e. The summed E-state index contributed by atoms with van der Waals surface area (Å²) in [6, 6.07) is 0. The van der Waals surface area contributed by atoms with Gasteiger partial charge in [-0.2, -0.15) is 0 Å². The fourth-order valence-corrected chi connectivity index (χ4v) is 7.88. The molecule has 0 aromatic rings. The van der Waals surface area contributed by atoms with E-state index < -0.39 is 12.2 Å². The summed E-state index contributed by atoms with van der Waals surface area (Å²) in [6.07, 6.45) is 11.5. The molecule has 4 aliphatic carbocycles. The Morgan fingerprint density at radius 2 is 1.83 bits per heavy atom. The Labute approximate surface area is 183 Å². The predicted octanol–water partition coefficient (Wildman–Crippen LogP) is 5.46. The van der Waals surface area contributed by atoms with Crippen molar-refractivity contribution in [3.63, 3.8) is 0 Å².